The predicted octanol–water partition coefficient (Wildman–Crippen LogP) is 3.44. The molecular formula is C15H18ClNO. The van der Waals surface area contributed by atoms with Crippen LogP contribution in [0.25, 0.3) is 0 Å². The largest absolute Gasteiger partial charge is 0.304 e. The van der Waals surface area contributed by atoms with Crippen LogP contribution in [0.1, 0.15) is 42.5 Å². The van der Waals surface area contributed by atoms with E-state index in [-0.39, 0.29) is 11.8 Å². The standard InChI is InChI=1S/C15H18ClNO/c16-12-6-3-5-11(8-12)15(18)14-9-10-4-1-2-7-13(10)17-14/h3,5-6,8,10,13-14,17H,1-2,4,7,9H2. The van der Waals surface area contributed by atoms with Gasteiger partial charge in [-0.2, -0.15) is 0 Å². The van der Waals surface area contributed by atoms with Gasteiger partial charge in [0, 0.05) is 16.6 Å². The van der Waals surface area contributed by atoms with Crippen molar-refractivity contribution in [1.82, 2.24) is 5.32 Å². The molecule has 3 rings (SSSR count). The number of Topliss-reactive ketones (excluding diaryl/α,β-unsaturated/α-hetero) is 1. The average Bonchev–Trinajstić information content (AvgIpc) is 2.81. The zero-order chi connectivity index (χ0) is 12.5. The minimum absolute atomic E-state index is 0.00318. The van der Waals surface area contributed by atoms with E-state index in [0.717, 1.165) is 12.0 Å². The van der Waals surface area contributed by atoms with E-state index in [1.54, 1.807) is 12.1 Å². The van der Waals surface area contributed by atoms with Gasteiger partial charge in [-0.3, -0.25) is 4.79 Å². The summed E-state index contributed by atoms with van der Waals surface area (Å²) < 4.78 is 0. The van der Waals surface area contributed by atoms with Crippen LogP contribution in [0.4, 0.5) is 0 Å². The summed E-state index contributed by atoms with van der Waals surface area (Å²) in [7, 11) is 0. The highest BCUT2D eigenvalue weighted by atomic mass is 35.5. The van der Waals surface area contributed by atoms with Crippen LogP contribution < -0.4 is 5.32 Å². The Balaban J connectivity index is 1.74. The van der Waals surface area contributed by atoms with Gasteiger partial charge in [0.15, 0.2) is 5.78 Å². The molecule has 0 amide bonds. The van der Waals surface area contributed by atoms with Crippen LogP contribution in [0.2, 0.25) is 5.02 Å². The number of hydrogen-bond donors (Lipinski definition) is 1. The molecule has 0 radical (unpaired) electrons. The molecule has 1 aliphatic heterocycles. The summed E-state index contributed by atoms with van der Waals surface area (Å²) in [5, 5.41) is 4.15. The molecule has 0 spiro atoms. The fraction of sp³-hybridized carbons (Fsp3) is 0.533. The molecule has 1 saturated carbocycles. The molecule has 3 heteroatoms. The molecule has 1 N–H and O–H groups in total. The summed E-state index contributed by atoms with van der Waals surface area (Å²) in [6.07, 6.45) is 6.12. The molecule has 0 bridgehead atoms. The minimum Gasteiger partial charge on any atom is -0.304 e. The van der Waals surface area contributed by atoms with Crippen molar-refractivity contribution in [3.63, 3.8) is 0 Å². The van der Waals surface area contributed by atoms with E-state index >= 15 is 0 Å². The topological polar surface area (TPSA) is 29.1 Å². The first-order valence-corrected chi connectivity index (χ1v) is 7.17. The van der Waals surface area contributed by atoms with Gasteiger partial charge in [0.2, 0.25) is 0 Å². The zero-order valence-corrected chi connectivity index (χ0v) is 11.1. The molecular weight excluding hydrogens is 246 g/mol. The van der Waals surface area contributed by atoms with Crippen LogP contribution in [0, 0.1) is 5.92 Å². The lowest BCUT2D eigenvalue weighted by Crippen LogP contribution is -2.37. The highest BCUT2D eigenvalue weighted by Gasteiger charge is 2.38. The molecule has 1 aromatic rings. The van der Waals surface area contributed by atoms with Crippen LogP contribution in [0.3, 0.4) is 0 Å². The molecule has 1 heterocycles. The lowest BCUT2D eigenvalue weighted by molar-refractivity contribution is 0.0949. The van der Waals surface area contributed by atoms with Crippen molar-refractivity contribution in [1.29, 1.82) is 0 Å². The van der Waals surface area contributed by atoms with Gasteiger partial charge in [-0.15, -0.1) is 0 Å². The normalized spacial score (nSPS) is 31.1. The number of ketones is 1. The Morgan fingerprint density at radius 3 is 2.89 bits per heavy atom. The van der Waals surface area contributed by atoms with Crippen LogP contribution in [-0.2, 0) is 0 Å². The molecule has 0 aromatic heterocycles. The van der Waals surface area contributed by atoms with E-state index in [1.807, 2.05) is 12.1 Å². The Hall–Kier alpha value is -0.860. The SMILES string of the molecule is O=C(c1cccc(Cl)c1)C1CC2CCCCC2N1. The Morgan fingerprint density at radius 1 is 1.28 bits per heavy atom. The first kappa shape index (κ1) is 12.2. The number of hydrogen-bond acceptors (Lipinski definition) is 2. The van der Waals surface area contributed by atoms with Crippen LogP contribution in [0.15, 0.2) is 24.3 Å². The summed E-state index contributed by atoms with van der Waals surface area (Å²) >= 11 is 5.94. The Labute approximate surface area is 113 Å². The number of carbonyl (C=O) groups is 1. The number of carbonyl (C=O) groups excluding carboxylic acids is 1. The van der Waals surface area contributed by atoms with E-state index in [4.69, 9.17) is 11.6 Å². The maximum Gasteiger partial charge on any atom is 0.179 e. The van der Waals surface area contributed by atoms with Crippen molar-refractivity contribution in [2.45, 2.75) is 44.2 Å². The van der Waals surface area contributed by atoms with Gasteiger partial charge in [-0.05, 0) is 37.3 Å². The summed E-state index contributed by atoms with van der Waals surface area (Å²) in [6.45, 7) is 0. The summed E-state index contributed by atoms with van der Waals surface area (Å²) in [5.74, 6) is 0.902. The molecule has 18 heavy (non-hydrogen) atoms. The molecule has 1 saturated heterocycles. The fourth-order valence-corrected chi connectivity index (χ4v) is 3.55. The number of nitrogens with one attached hydrogen (secondary N) is 1. The van der Waals surface area contributed by atoms with E-state index in [2.05, 4.69) is 5.32 Å². The first-order valence-electron chi connectivity index (χ1n) is 6.80. The first-order chi connectivity index (χ1) is 8.74. The van der Waals surface area contributed by atoms with Gasteiger partial charge in [0.1, 0.15) is 0 Å². The molecule has 2 fully saturated rings. The van der Waals surface area contributed by atoms with Crippen molar-refractivity contribution in [3.8, 4) is 0 Å². The van der Waals surface area contributed by atoms with Crippen molar-refractivity contribution in [3.05, 3.63) is 34.9 Å². The number of fused-ring (bicyclic) bond motifs is 1. The quantitative estimate of drug-likeness (QED) is 0.828. The van der Waals surface area contributed by atoms with Gasteiger partial charge >= 0.3 is 0 Å². The predicted molar refractivity (Wildman–Crippen MR) is 73.1 cm³/mol. The molecule has 1 aliphatic carbocycles. The van der Waals surface area contributed by atoms with Gasteiger partial charge in [0.25, 0.3) is 0 Å². The van der Waals surface area contributed by atoms with Crippen LogP contribution >= 0.6 is 11.6 Å². The molecule has 2 aliphatic rings. The average molecular weight is 264 g/mol. The van der Waals surface area contributed by atoms with Crippen molar-refractivity contribution in [2.75, 3.05) is 0 Å². The molecule has 2 nitrogen and oxygen atoms in total. The highest BCUT2D eigenvalue weighted by molar-refractivity contribution is 6.31. The highest BCUT2D eigenvalue weighted by Crippen LogP contribution is 2.34. The maximum absolute atomic E-state index is 12.4. The lowest BCUT2D eigenvalue weighted by Gasteiger charge is -2.24. The number of halogens is 1. The van der Waals surface area contributed by atoms with E-state index < -0.39 is 0 Å². The molecule has 3 unspecified atom stereocenters. The summed E-state index contributed by atoms with van der Waals surface area (Å²) in [6, 6.07) is 7.84. The fourth-order valence-electron chi connectivity index (χ4n) is 3.36. The Bertz CT molecular complexity index is 446. The third-order valence-electron chi connectivity index (χ3n) is 4.29. The zero-order valence-electron chi connectivity index (χ0n) is 10.4. The van der Waals surface area contributed by atoms with Crippen LogP contribution in [-0.4, -0.2) is 17.9 Å². The summed E-state index contributed by atoms with van der Waals surface area (Å²) in [4.78, 5) is 12.4. The molecule has 3 atom stereocenters. The summed E-state index contributed by atoms with van der Waals surface area (Å²) in [5.41, 5.74) is 0.735. The van der Waals surface area contributed by atoms with E-state index in [9.17, 15) is 4.79 Å². The third kappa shape index (κ3) is 2.32. The second-order valence-corrected chi connectivity index (χ2v) is 5.92. The maximum atomic E-state index is 12.4. The smallest absolute Gasteiger partial charge is 0.179 e. The van der Waals surface area contributed by atoms with Gasteiger partial charge in [0.05, 0.1) is 6.04 Å². The minimum atomic E-state index is -0.00318. The van der Waals surface area contributed by atoms with E-state index in [1.165, 1.54) is 25.7 Å². The van der Waals surface area contributed by atoms with Crippen molar-refractivity contribution < 1.29 is 4.79 Å². The van der Waals surface area contributed by atoms with Gasteiger partial charge in [-0.25, -0.2) is 0 Å². The Morgan fingerprint density at radius 2 is 2.11 bits per heavy atom. The monoisotopic (exact) mass is 263 g/mol. The second kappa shape index (κ2) is 5.02. The lowest BCUT2D eigenvalue weighted by atomic mass is 9.84. The van der Waals surface area contributed by atoms with Crippen LogP contribution in [0.5, 0.6) is 0 Å². The number of rotatable bonds is 2. The van der Waals surface area contributed by atoms with Gasteiger partial charge in [-0.1, -0.05) is 36.6 Å². The van der Waals surface area contributed by atoms with Gasteiger partial charge < -0.3 is 5.32 Å². The van der Waals surface area contributed by atoms with E-state index in [0.29, 0.717) is 17.0 Å². The molecule has 1 aromatic carbocycles. The third-order valence-corrected chi connectivity index (χ3v) is 4.52. The Kier molecular flexibility index (Phi) is 3.40. The molecule has 96 valence electrons. The number of benzene rings is 1. The second-order valence-electron chi connectivity index (χ2n) is 5.48. The van der Waals surface area contributed by atoms with Crippen molar-refractivity contribution >= 4 is 17.4 Å². The van der Waals surface area contributed by atoms with Crippen molar-refractivity contribution in [2.24, 2.45) is 5.92 Å².